The molecule has 0 spiro atoms. The Morgan fingerprint density at radius 2 is 1.50 bits per heavy atom. The monoisotopic (exact) mass is 332 g/mol. The fraction of sp³-hybridized carbons (Fsp3) is 0.474. The van der Waals surface area contributed by atoms with Crippen LogP contribution in [0, 0.1) is 33.1 Å². The van der Waals surface area contributed by atoms with Gasteiger partial charge in [0.1, 0.15) is 17.1 Å². The van der Waals surface area contributed by atoms with E-state index in [1.807, 2.05) is 0 Å². The normalized spacial score (nSPS) is 12.9. The molecule has 0 amide bonds. The summed E-state index contributed by atoms with van der Waals surface area (Å²) in [4.78, 5) is 22.9. The van der Waals surface area contributed by atoms with E-state index in [1.165, 1.54) is 13.8 Å². The molecule has 0 aliphatic heterocycles. The lowest BCUT2D eigenvalue weighted by molar-refractivity contribution is -0.133. The fourth-order valence-corrected chi connectivity index (χ4v) is 2.48. The van der Waals surface area contributed by atoms with Crippen LogP contribution >= 0.6 is 0 Å². The van der Waals surface area contributed by atoms with Crippen LogP contribution in [0.4, 0.5) is 0 Å². The van der Waals surface area contributed by atoms with Crippen LogP contribution in [-0.4, -0.2) is 22.6 Å². The molecule has 1 atom stereocenters. The number of terminal acetylenes is 1. The lowest BCUT2D eigenvalue weighted by Gasteiger charge is -2.23. The molecule has 1 aromatic carbocycles. The maximum atomic E-state index is 11.5. The molecule has 1 rings (SSSR count). The van der Waals surface area contributed by atoms with Gasteiger partial charge in [-0.15, -0.1) is 6.42 Å². The van der Waals surface area contributed by atoms with Crippen LogP contribution in [0.1, 0.15) is 49.4 Å². The summed E-state index contributed by atoms with van der Waals surface area (Å²) in [6.07, 6.45) is 5.98. The molecule has 0 radical (unpaired) electrons. The van der Waals surface area contributed by atoms with Crippen LogP contribution in [0.3, 0.4) is 0 Å². The molecule has 0 heterocycles. The highest BCUT2D eigenvalue weighted by molar-refractivity contribution is 5.74. The van der Waals surface area contributed by atoms with E-state index in [1.54, 1.807) is 27.7 Å². The molecule has 0 aromatic heterocycles. The molecule has 5 nitrogen and oxygen atoms in total. The van der Waals surface area contributed by atoms with Gasteiger partial charge < -0.3 is 14.6 Å². The highest BCUT2D eigenvalue weighted by Gasteiger charge is 2.24. The molecule has 24 heavy (non-hydrogen) atoms. The molecule has 5 heteroatoms. The van der Waals surface area contributed by atoms with Crippen molar-refractivity contribution in [3.8, 4) is 23.8 Å². The first-order chi connectivity index (χ1) is 11.0. The Morgan fingerprint density at radius 1 is 1.04 bits per heavy atom. The molecule has 0 saturated carbocycles. The van der Waals surface area contributed by atoms with Gasteiger partial charge in [-0.1, -0.05) is 5.92 Å². The van der Waals surface area contributed by atoms with Gasteiger partial charge in [0, 0.05) is 19.4 Å². The molecular weight excluding hydrogens is 308 g/mol. The van der Waals surface area contributed by atoms with E-state index < -0.39 is 17.5 Å². The molecule has 1 aromatic rings. The van der Waals surface area contributed by atoms with Gasteiger partial charge in [0.25, 0.3) is 0 Å². The highest BCUT2D eigenvalue weighted by atomic mass is 16.5. The Balaban J connectivity index is 3.50. The minimum absolute atomic E-state index is 0.278. The second-order valence-corrected chi connectivity index (χ2v) is 6.12. The van der Waals surface area contributed by atoms with Crippen molar-refractivity contribution in [2.75, 3.05) is 0 Å². The molecule has 0 saturated heterocycles. The lowest BCUT2D eigenvalue weighted by atomic mass is 9.91. The smallest absolute Gasteiger partial charge is 0.308 e. The topological polar surface area (TPSA) is 72.8 Å². The second-order valence-electron chi connectivity index (χ2n) is 6.12. The number of carbonyl (C=O) groups is 2. The summed E-state index contributed by atoms with van der Waals surface area (Å²) in [5, 5.41) is 10.1. The minimum Gasteiger partial charge on any atom is -0.426 e. The predicted molar refractivity (Wildman–Crippen MR) is 91.0 cm³/mol. The van der Waals surface area contributed by atoms with Gasteiger partial charge in [0.05, 0.1) is 0 Å². The zero-order valence-corrected chi connectivity index (χ0v) is 15.1. The van der Waals surface area contributed by atoms with Crippen LogP contribution in [0.15, 0.2) is 0 Å². The quantitative estimate of drug-likeness (QED) is 0.510. The maximum absolute atomic E-state index is 11.5. The number of esters is 2. The number of hydrogen-bond donors (Lipinski definition) is 1. The Hall–Kier alpha value is -2.32. The van der Waals surface area contributed by atoms with Crippen molar-refractivity contribution in [2.24, 2.45) is 0 Å². The molecule has 0 aliphatic carbocycles. The van der Waals surface area contributed by atoms with E-state index >= 15 is 0 Å². The van der Waals surface area contributed by atoms with Crippen molar-refractivity contribution in [1.29, 1.82) is 0 Å². The summed E-state index contributed by atoms with van der Waals surface area (Å²) in [7, 11) is 0. The summed E-state index contributed by atoms with van der Waals surface area (Å²) in [5.41, 5.74) is 1.55. The molecule has 0 aliphatic rings. The SMILES string of the molecule is C#CC(C)(O)CCc1c(C)c(OC(C)=O)c(C)c(C)c1OC(C)=O. The van der Waals surface area contributed by atoms with Crippen molar-refractivity contribution in [2.45, 2.75) is 60.0 Å². The Labute approximate surface area is 143 Å². The van der Waals surface area contributed by atoms with Gasteiger partial charge >= 0.3 is 11.9 Å². The van der Waals surface area contributed by atoms with Crippen LogP contribution in [0.5, 0.6) is 11.5 Å². The average Bonchev–Trinajstić information content (AvgIpc) is 2.48. The first-order valence-electron chi connectivity index (χ1n) is 7.69. The summed E-state index contributed by atoms with van der Waals surface area (Å²) in [6.45, 7) is 9.58. The van der Waals surface area contributed by atoms with Crippen LogP contribution < -0.4 is 9.47 Å². The summed E-state index contributed by atoms with van der Waals surface area (Å²) in [6, 6.07) is 0. The Kier molecular flexibility index (Phi) is 6.16. The first-order valence-corrected chi connectivity index (χ1v) is 7.69. The molecule has 1 unspecified atom stereocenters. The number of rotatable bonds is 5. The molecule has 0 bridgehead atoms. The van der Waals surface area contributed by atoms with Gasteiger partial charge in [-0.05, 0) is 57.2 Å². The standard InChI is InChI=1S/C19H24O5/c1-8-19(7,22)10-9-16-13(4)17(23-14(5)20)11(2)12(3)18(16)24-15(6)21/h1,22H,9-10H2,2-7H3. The molecular formula is C19H24O5. The molecule has 130 valence electrons. The molecule has 1 N–H and O–H groups in total. The third kappa shape index (κ3) is 4.59. The maximum Gasteiger partial charge on any atom is 0.308 e. The fourth-order valence-electron chi connectivity index (χ4n) is 2.48. The van der Waals surface area contributed by atoms with E-state index in [0.29, 0.717) is 34.6 Å². The third-order valence-corrected chi connectivity index (χ3v) is 3.98. The number of aliphatic hydroxyl groups is 1. The number of benzene rings is 1. The number of ether oxygens (including phenoxy) is 2. The van der Waals surface area contributed by atoms with E-state index in [9.17, 15) is 14.7 Å². The van der Waals surface area contributed by atoms with Crippen LogP contribution in [0.2, 0.25) is 0 Å². The van der Waals surface area contributed by atoms with Gasteiger partial charge in [-0.2, -0.15) is 0 Å². The van der Waals surface area contributed by atoms with E-state index in [4.69, 9.17) is 15.9 Å². The van der Waals surface area contributed by atoms with Gasteiger partial charge in [0.15, 0.2) is 0 Å². The van der Waals surface area contributed by atoms with Crippen LogP contribution in [-0.2, 0) is 16.0 Å². The summed E-state index contributed by atoms with van der Waals surface area (Å²) < 4.78 is 10.7. The summed E-state index contributed by atoms with van der Waals surface area (Å²) >= 11 is 0. The lowest BCUT2D eigenvalue weighted by Crippen LogP contribution is -2.22. The van der Waals surface area contributed by atoms with E-state index in [2.05, 4.69) is 5.92 Å². The van der Waals surface area contributed by atoms with Crippen LogP contribution in [0.25, 0.3) is 0 Å². The number of hydrogen-bond acceptors (Lipinski definition) is 5. The third-order valence-electron chi connectivity index (χ3n) is 3.98. The van der Waals surface area contributed by atoms with Crippen molar-refractivity contribution < 1.29 is 24.2 Å². The highest BCUT2D eigenvalue weighted by Crippen LogP contribution is 2.39. The van der Waals surface area contributed by atoms with E-state index in [0.717, 1.165) is 5.56 Å². The number of carbonyl (C=O) groups excluding carboxylic acids is 2. The minimum atomic E-state index is -1.28. The second kappa shape index (κ2) is 7.50. The Bertz CT molecular complexity index is 708. The van der Waals surface area contributed by atoms with Gasteiger partial charge in [-0.3, -0.25) is 9.59 Å². The van der Waals surface area contributed by atoms with Crippen molar-refractivity contribution in [3.63, 3.8) is 0 Å². The average molecular weight is 332 g/mol. The van der Waals surface area contributed by atoms with Crippen molar-refractivity contribution in [3.05, 3.63) is 22.3 Å². The Morgan fingerprint density at radius 3 is 1.96 bits per heavy atom. The zero-order chi connectivity index (χ0) is 18.7. The first kappa shape index (κ1) is 19.7. The largest absolute Gasteiger partial charge is 0.426 e. The van der Waals surface area contributed by atoms with E-state index in [-0.39, 0.29) is 6.42 Å². The van der Waals surface area contributed by atoms with Gasteiger partial charge in [-0.25, -0.2) is 0 Å². The van der Waals surface area contributed by atoms with Crippen molar-refractivity contribution >= 4 is 11.9 Å². The molecule has 0 fully saturated rings. The summed E-state index contributed by atoms with van der Waals surface area (Å²) in [5.74, 6) is 2.34. The predicted octanol–water partition coefficient (Wildman–Crippen LogP) is 2.78. The van der Waals surface area contributed by atoms with Crippen molar-refractivity contribution in [1.82, 2.24) is 0 Å². The van der Waals surface area contributed by atoms with Gasteiger partial charge in [0.2, 0.25) is 0 Å². The zero-order valence-electron chi connectivity index (χ0n) is 15.1.